The van der Waals surface area contributed by atoms with Crippen molar-refractivity contribution in [2.75, 3.05) is 25.0 Å². The number of hydrogen-bond acceptors (Lipinski definition) is 4. The van der Waals surface area contributed by atoms with Crippen molar-refractivity contribution in [2.24, 2.45) is 0 Å². The molecular formula is C20H25ClN2O4S. The SMILES string of the molecule is CCOc1ccc(S(=O)(=O)N(CC)CC)cc1NC(=O)Cc1ccc(Cl)cc1. The minimum atomic E-state index is -3.64. The Balaban J connectivity index is 2.30. The molecule has 0 aliphatic rings. The molecule has 152 valence electrons. The highest BCUT2D eigenvalue weighted by Gasteiger charge is 2.23. The first-order valence-corrected chi connectivity index (χ1v) is 10.9. The normalized spacial score (nSPS) is 11.5. The minimum Gasteiger partial charge on any atom is -0.492 e. The van der Waals surface area contributed by atoms with Gasteiger partial charge in [-0.3, -0.25) is 4.79 Å². The molecule has 0 aliphatic heterocycles. The van der Waals surface area contributed by atoms with Crippen LogP contribution in [0.2, 0.25) is 5.02 Å². The van der Waals surface area contributed by atoms with Gasteiger partial charge in [-0.2, -0.15) is 4.31 Å². The molecule has 8 heteroatoms. The van der Waals surface area contributed by atoms with Crippen LogP contribution in [0.15, 0.2) is 47.4 Å². The Morgan fingerprint density at radius 2 is 1.71 bits per heavy atom. The van der Waals surface area contributed by atoms with Crippen LogP contribution < -0.4 is 10.1 Å². The molecule has 0 unspecified atom stereocenters. The zero-order chi connectivity index (χ0) is 20.7. The van der Waals surface area contributed by atoms with Gasteiger partial charge in [0.15, 0.2) is 0 Å². The van der Waals surface area contributed by atoms with E-state index < -0.39 is 10.0 Å². The van der Waals surface area contributed by atoms with Gasteiger partial charge in [-0.05, 0) is 42.8 Å². The highest BCUT2D eigenvalue weighted by atomic mass is 35.5. The molecule has 0 saturated carbocycles. The van der Waals surface area contributed by atoms with E-state index in [1.165, 1.54) is 16.4 Å². The topological polar surface area (TPSA) is 75.7 Å². The molecule has 0 saturated heterocycles. The van der Waals surface area contributed by atoms with E-state index in [-0.39, 0.29) is 17.2 Å². The lowest BCUT2D eigenvalue weighted by atomic mass is 10.1. The molecule has 2 aromatic rings. The van der Waals surface area contributed by atoms with Gasteiger partial charge >= 0.3 is 0 Å². The van der Waals surface area contributed by atoms with E-state index in [0.29, 0.717) is 36.2 Å². The van der Waals surface area contributed by atoms with Gasteiger partial charge < -0.3 is 10.1 Å². The second-order valence-corrected chi connectivity index (χ2v) is 8.41. The Bertz CT molecular complexity index is 910. The average Bonchev–Trinajstić information content (AvgIpc) is 2.66. The van der Waals surface area contributed by atoms with Gasteiger partial charge in [0.25, 0.3) is 0 Å². The first kappa shape index (κ1) is 22.2. The predicted octanol–water partition coefficient (Wildman–Crippen LogP) is 3.95. The summed E-state index contributed by atoms with van der Waals surface area (Å²) in [6.45, 7) is 6.51. The lowest BCUT2D eigenvalue weighted by Gasteiger charge is -2.20. The molecular weight excluding hydrogens is 400 g/mol. The molecule has 2 rings (SSSR count). The summed E-state index contributed by atoms with van der Waals surface area (Å²) in [7, 11) is -3.64. The molecule has 1 N–H and O–H groups in total. The van der Waals surface area contributed by atoms with E-state index in [4.69, 9.17) is 16.3 Å². The molecule has 0 fully saturated rings. The van der Waals surface area contributed by atoms with Crippen LogP contribution in [0.5, 0.6) is 5.75 Å². The number of benzene rings is 2. The van der Waals surface area contributed by atoms with Crippen LogP contribution >= 0.6 is 11.6 Å². The number of rotatable bonds is 9. The highest BCUT2D eigenvalue weighted by Crippen LogP contribution is 2.29. The second-order valence-electron chi connectivity index (χ2n) is 6.03. The van der Waals surface area contributed by atoms with Crippen molar-refractivity contribution in [2.45, 2.75) is 32.1 Å². The summed E-state index contributed by atoms with van der Waals surface area (Å²) >= 11 is 5.87. The third-order valence-corrected chi connectivity index (χ3v) is 6.44. The fraction of sp³-hybridized carbons (Fsp3) is 0.350. The van der Waals surface area contributed by atoms with Gasteiger partial charge in [-0.25, -0.2) is 8.42 Å². The monoisotopic (exact) mass is 424 g/mol. The molecule has 0 radical (unpaired) electrons. The van der Waals surface area contributed by atoms with Crippen LogP contribution in [0.3, 0.4) is 0 Å². The van der Waals surface area contributed by atoms with Crippen LogP contribution in [-0.2, 0) is 21.2 Å². The molecule has 0 spiro atoms. The maximum Gasteiger partial charge on any atom is 0.243 e. The van der Waals surface area contributed by atoms with Crippen molar-refractivity contribution in [1.82, 2.24) is 4.31 Å². The molecule has 28 heavy (non-hydrogen) atoms. The average molecular weight is 425 g/mol. The van der Waals surface area contributed by atoms with Crippen molar-refractivity contribution >= 4 is 33.2 Å². The van der Waals surface area contributed by atoms with Crippen LogP contribution in [0.25, 0.3) is 0 Å². The number of sulfonamides is 1. The van der Waals surface area contributed by atoms with Crippen molar-refractivity contribution in [3.8, 4) is 5.75 Å². The van der Waals surface area contributed by atoms with Crippen LogP contribution in [0.4, 0.5) is 5.69 Å². The molecule has 0 atom stereocenters. The Morgan fingerprint density at radius 3 is 2.29 bits per heavy atom. The number of carbonyl (C=O) groups excluding carboxylic acids is 1. The maximum absolute atomic E-state index is 12.8. The Hall–Kier alpha value is -2.09. The number of nitrogens with zero attached hydrogens (tertiary/aromatic N) is 1. The summed E-state index contributed by atoms with van der Waals surface area (Å²) in [6.07, 6.45) is 0.135. The molecule has 0 bridgehead atoms. The smallest absolute Gasteiger partial charge is 0.243 e. The van der Waals surface area contributed by atoms with Gasteiger partial charge in [0.05, 0.1) is 23.6 Å². The zero-order valence-electron chi connectivity index (χ0n) is 16.2. The molecule has 1 amide bonds. The molecule has 0 heterocycles. The number of anilines is 1. The van der Waals surface area contributed by atoms with Crippen molar-refractivity contribution in [3.05, 3.63) is 53.1 Å². The van der Waals surface area contributed by atoms with Crippen LogP contribution in [0, 0.1) is 0 Å². The van der Waals surface area contributed by atoms with Crippen molar-refractivity contribution in [1.29, 1.82) is 0 Å². The van der Waals surface area contributed by atoms with Crippen molar-refractivity contribution in [3.63, 3.8) is 0 Å². The number of nitrogens with one attached hydrogen (secondary N) is 1. The number of halogens is 1. The van der Waals surface area contributed by atoms with E-state index in [9.17, 15) is 13.2 Å². The van der Waals surface area contributed by atoms with Gasteiger partial charge in [0.2, 0.25) is 15.9 Å². The third kappa shape index (κ3) is 5.47. The fourth-order valence-electron chi connectivity index (χ4n) is 2.74. The quantitative estimate of drug-likeness (QED) is 0.661. The number of ether oxygens (including phenoxy) is 1. The summed E-state index contributed by atoms with van der Waals surface area (Å²) in [5, 5.41) is 3.36. The Labute approximate surface area is 171 Å². The Kier molecular flexibility index (Phi) is 7.86. The van der Waals surface area contributed by atoms with Crippen LogP contribution in [0.1, 0.15) is 26.3 Å². The van der Waals surface area contributed by atoms with Gasteiger partial charge in [0, 0.05) is 18.1 Å². The van der Waals surface area contributed by atoms with Crippen molar-refractivity contribution < 1.29 is 17.9 Å². The van der Waals surface area contributed by atoms with Gasteiger partial charge in [-0.15, -0.1) is 0 Å². The molecule has 2 aromatic carbocycles. The minimum absolute atomic E-state index is 0.112. The highest BCUT2D eigenvalue weighted by molar-refractivity contribution is 7.89. The summed E-state index contributed by atoms with van der Waals surface area (Å²) in [5.41, 5.74) is 1.13. The number of carbonyl (C=O) groups is 1. The zero-order valence-corrected chi connectivity index (χ0v) is 17.8. The Morgan fingerprint density at radius 1 is 1.07 bits per heavy atom. The largest absolute Gasteiger partial charge is 0.492 e. The number of amides is 1. The summed E-state index contributed by atoms with van der Waals surface area (Å²) in [6, 6.07) is 11.5. The molecule has 0 aromatic heterocycles. The first-order valence-electron chi connectivity index (χ1n) is 9.13. The lowest BCUT2D eigenvalue weighted by molar-refractivity contribution is -0.115. The summed E-state index contributed by atoms with van der Waals surface area (Å²) in [5.74, 6) is 0.145. The summed E-state index contributed by atoms with van der Waals surface area (Å²) < 4.78 is 32.5. The first-order chi connectivity index (χ1) is 13.3. The van der Waals surface area contributed by atoms with E-state index in [1.807, 2.05) is 6.92 Å². The summed E-state index contributed by atoms with van der Waals surface area (Å²) in [4.78, 5) is 12.6. The standard InChI is InChI=1S/C20H25ClN2O4S/c1-4-23(5-2)28(25,26)17-11-12-19(27-6-3)18(14-17)22-20(24)13-15-7-9-16(21)10-8-15/h7-12,14H,4-6,13H2,1-3H3,(H,22,24). The van der Waals surface area contributed by atoms with E-state index >= 15 is 0 Å². The molecule has 6 nitrogen and oxygen atoms in total. The third-order valence-electron chi connectivity index (χ3n) is 4.15. The van der Waals surface area contributed by atoms with Crippen LogP contribution in [-0.4, -0.2) is 38.3 Å². The lowest BCUT2D eigenvalue weighted by Crippen LogP contribution is -2.30. The van der Waals surface area contributed by atoms with E-state index in [1.54, 1.807) is 44.2 Å². The number of hydrogen-bond donors (Lipinski definition) is 1. The predicted molar refractivity (Wildman–Crippen MR) is 112 cm³/mol. The van der Waals surface area contributed by atoms with Gasteiger partial charge in [-0.1, -0.05) is 37.6 Å². The molecule has 0 aliphatic carbocycles. The van der Waals surface area contributed by atoms with E-state index in [0.717, 1.165) is 5.56 Å². The fourth-order valence-corrected chi connectivity index (χ4v) is 4.35. The van der Waals surface area contributed by atoms with Gasteiger partial charge in [0.1, 0.15) is 5.75 Å². The maximum atomic E-state index is 12.8. The second kappa shape index (κ2) is 9.91. The van der Waals surface area contributed by atoms with E-state index in [2.05, 4.69) is 5.32 Å².